The van der Waals surface area contributed by atoms with E-state index in [-0.39, 0.29) is 0 Å². The van der Waals surface area contributed by atoms with Gasteiger partial charge >= 0.3 is 0 Å². The van der Waals surface area contributed by atoms with E-state index in [1.807, 2.05) is 31.3 Å². The van der Waals surface area contributed by atoms with Crippen LogP contribution in [0.15, 0.2) is 24.3 Å². The van der Waals surface area contributed by atoms with Crippen molar-refractivity contribution >= 4 is 11.6 Å². The molecule has 1 N–H and O–H groups in total. The molecule has 0 bridgehead atoms. The third kappa shape index (κ3) is 4.68. The molecule has 0 radical (unpaired) electrons. The van der Waals surface area contributed by atoms with Crippen molar-refractivity contribution in [1.82, 2.24) is 10.2 Å². The Bertz CT molecular complexity index is 384. The molecular formula is C15H23ClN2O. The monoisotopic (exact) mass is 282 g/mol. The predicted molar refractivity (Wildman–Crippen MR) is 80.0 cm³/mol. The van der Waals surface area contributed by atoms with Crippen LogP contribution in [0.5, 0.6) is 5.75 Å². The average molecular weight is 283 g/mol. The Balaban J connectivity index is 1.72. The minimum atomic E-state index is 0.689. The number of piperidine rings is 1. The zero-order chi connectivity index (χ0) is 13.5. The second-order valence-electron chi connectivity index (χ2n) is 5.15. The largest absolute Gasteiger partial charge is 0.491 e. The van der Waals surface area contributed by atoms with Crippen LogP contribution >= 0.6 is 11.6 Å². The summed E-state index contributed by atoms with van der Waals surface area (Å²) in [6, 6.07) is 7.65. The van der Waals surface area contributed by atoms with Gasteiger partial charge in [-0.15, -0.1) is 0 Å². The number of rotatable bonds is 6. The van der Waals surface area contributed by atoms with E-state index < -0.39 is 0 Å². The number of halogens is 1. The van der Waals surface area contributed by atoms with Crippen LogP contribution in [0.1, 0.15) is 12.8 Å². The maximum Gasteiger partial charge on any atom is 0.137 e. The van der Waals surface area contributed by atoms with Crippen molar-refractivity contribution in [2.75, 3.05) is 39.8 Å². The highest BCUT2D eigenvalue weighted by Crippen LogP contribution is 2.23. The minimum absolute atomic E-state index is 0.689. The fraction of sp³-hybridized carbons (Fsp3) is 0.600. The minimum Gasteiger partial charge on any atom is -0.491 e. The summed E-state index contributed by atoms with van der Waals surface area (Å²) in [6.07, 6.45) is 2.63. The summed E-state index contributed by atoms with van der Waals surface area (Å²) >= 11 is 6.06. The molecule has 1 saturated heterocycles. The second kappa shape index (κ2) is 7.73. The molecule has 1 heterocycles. The van der Waals surface area contributed by atoms with Crippen LogP contribution in [0, 0.1) is 5.92 Å². The van der Waals surface area contributed by atoms with Crippen LogP contribution in [0.25, 0.3) is 0 Å². The van der Waals surface area contributed by atoms with E-state index in [1.165, 1.54) is 25.9 Å². The van der Waals surface area contributed by atoms with Gasteiger partial charge in [0.05, 0.1) is 5.02 Å². The number of benzene rings is 1. The van der Waals surface area contributed by atoms with Gasteiger partial charge in [0.2, 0.25) is 0 Å². The molecule has 1 aromatic rings. The summed E-state index contributed by atoms with van der Waals surface area (Å²) in [7, 11) is 2.03. The first kappa shape index (κ1) is 14.6. The summed E-state index contributed by atoms with van der Waals surface area (Å²) in [5.41, 5.74) is 0. The van der Waals surface area contributed by atoms with Gasteiger partial charge in [-0.25, -0.2) is 0 Å². The molecule has 1 atom stereocenters. The Morgan fingerprint density at radius 2 is 2.26 bits per heavy atom. The van der Waals surface area contributed by atoms with Crippen molar-refractivity contribution < 1.29 is 4.74 Å². The van der Waals surface area contributed by atoms with Crippen molar-refractivity contribution in [1.29, 1.82) is 0 Å². The Morgan fingerprint density at radius 3 is 3.05 bits per heavy atom. The van der Waals surface area contributed by atoms with Crippen LogP contribution in [0.2, 0.25) is 5.02 Å². The first-order valence-electron chi connectivity index (χ1n) is 7.04. The highest BCUT2D eigenvalue weighted by molar-refractivity contribution is 6.32. The van der Waals surface area contributed by atoms with Gasteiger partial charge in [-0.05, 0) is 51.0 Å². The number of nitrogens with one attached hydrogen (secondary N) is 1. The highest BCUT2D eigenvalue weighted by Gasteiger charge is 2.18. The molecule has 3 nitrogen and oxygen atoms in total. The molecule has 106 valence electrons. The molecule has 0 spiro atoms. The normalized spacial score (nSPS) is 20.4. The first-order chi connectivity index (χ1) is 9.29. The lowest BCUT2D eigenvalue weighted by molar-refractivity contribution is 0.146. The SMILES string of the molecule is CNCC1CCCN(CCOc2ccccc2Cl)C1. The van der Waals surface area contributed by atoms with Gasteiger partial charge in [0.15, 0.2) is 0 Å². The topological polar surface area (TPSA) is 24.5 Å². The van der Waals surface area contributed by atoms with Gasteiger partial charge in [0, 0.05) is 13.1 Å². The molecule has 1 aliphatic rings. The molecule has 0 aliphatic carbocycles. The van der Waals surface area contributed by atoms with Crippen LogP contribution in [-0.2, 0) is 0 Å². The smallest absolute Gasteiger partial charge is 0.137 e. The molecule has 0 amide bonds. The third-order valence-corrected chi connectivity index (χ3v) is 3.91. The quantitative estimate of drug-likeness (QED) is 0.868. The third-order valence-electron chi connectivity index (χ3n) is 3.60. The lowest BCUT2D eigenvalue weighted by Crippen LogP contribution is -2.40. The number of hydrogen-bond acceptors (Lipinski definition) is 3. The number of para-hydroxylation sites is 1. The van der Waals surface area contributed by atoms with Crippen LogP contribution in [0.4, 0.5) is 0 Å². The lowest BCUT2D eigenvalue weighted by Gasteiger charge is -2.32. The van der Waals surface area contributed by atoms with Gasteiger partial charge in [-0.2, -0.15) is 0 Å². The van der Waals surface area contributed by atoms with Crippen LogP contribution < -0.4 is 10.1 Å². The summed E-state index contributed by atoms with van der Waals surface area (Å²) in [4.78, 5) is 2.49. The van der Waals surface area contributed by atoms with E-state index in [1.54, 1.807) is 0 Å². The summed E-state index contributed by atoms with van der Waals surface area (Å²) in [5, 5.41) is 3.96. The standard InChI is InChI=1S/C15H23ClN2O/c1-17-11-13-5-4-8-18(12-13)9-10-19-15-7-3-2-6-14(15)16/h2-3,6-7,13,17H,4-5,8-12H2,1H3. The Morgan fingerprint density at radius 1 is 1.42 bits per heavy atom. The maximum absolute atomic E-state index is 6.06. The number of nitrogens with zero attached hydrogens (tertiary/aromatic N) is 1. The molecule has 1 aliphatic heterocycles. The van der Waals surface area contributed by atoms with Gasteiger partial charge < -0.3 is 10.1 Å². The molecule has 2 rings (SSSR count). The lowest BCUT2D eigenvalue weighted by atomic mass is 9.98. The van der Waals surface area contributed by atoms with E-state index in [9.17, 15) is 0 Å². The molecule has 19 heavy (non-hydrogen) atoms. The van der Waals surface area contributed by atoms with Crippen molar-refractivity contribution in [2.45, 2.75) is 12.8 Å². The van der Waals surface area contributed by atoms with E-state index in [2.05, 4.69) is 10.2 Å². The number of ether oxygens (including phenoxy) is 1. The maximum atomic E-state index is 6.06. The van der Waals surface area contributed by atoms with Crippen LogP contribution in [-0.4, -0.2) is 44.7 Å². The Hall–Kier alpha value is -0.770. The molecule has 1 fully saturated rings. The van der Waals surface area contributed by atoms with E-state index in [0.29, 0.717) is 11.6 Å². The molecule has 1 unspecified atom stereocenters. The molecule has 4 heteroatoms. The van der Waals surface area contributed by atoms with Crippen LogP contribution in [0.3, 0.4) is 0 Å². The Labute approximate surface area is 120 Å². The first-order valence-corrected chi connectivity index (χ1v) is 7.41. The van der Waals surface area contributed by atoms with E-state index >= 15 is 0 Å². The van der Waals surface area contributed by atoms with Crippen molar-refractivity contribution in [2.24, 2.45) is 5.92 Å². The highest BCUT2D eigenvalue weighted by atomic mass is 35.5. The summed E-state index contributed by atoms with van der Waals surface area (Å²) in [5.74, 6) is 1.56. The van der Waals surface area contributed by atoms with Gasteiger partial charge in [-0.3, -0.25) is 4.90 Å². The van der Waals surface area contributed by atoms with Gasteiger partial charge in [-0.1, -0.05) is 23.7 Å². The Kier molecular flexibility index (Phi) is 5.95. The zero-order valence-electron chi connectivity index (χ0n) is 11.6. The average Bonchev–Trinajstić information content (AvgIpc) is 2.42. The van der Waals surface area contributed by atoms with Gasteiger partial charge in [0.25, 0.3) is 0 Å². The fourth-order valence-electron chi connectivity index (χ4n) is 2.66. The molecular weight excluding hydrogens is 260 g/mol. The van der Waals surface area contributed by atoms with E-state index in [0.717, 1.165) is 24.8 Å². The van der Waals surface area contributed by atoms with Gasteiger partial charge in [0.1, 0.15) is 12.4 Å². The van der Waals surface area contributed by atoms with E-state index in [4.69, 9.17) is 16.3 Å². The summed E-state index contributed by atoms with van der Waals surface area (Å²) in [6.45, 7) is 5.15. The number of likely N-dealkylation sites (tertiary alicyclic amines) is 1. The van der Waals surface area contributed by atoms with Crippen molar-refractivity contribution in [3.05, 3.63) is 29.3 Å². The van der Waals surface area contributed by atoms with Crippen molar-refractivity contribution in [3.8, 4) is 5.75 Å². The fourth-order valence-corrected chi connectivity index (χ4v) is 2.85. The van der Waals surface area contributed by atoms with Crippen molar-refractivity contribution in [3.63, 3.8) is 0 Å². The second-order valence-corrected chi connectivity index (χ2v) is 5.55. The zero-order valence-corrected chi connectivity index (χ0v) is 12.3. The molecule has 0 aromatic heterocycles. The number of hydrogen-bond donors (Lipinski definition) is 1. The molecule has 0 saturated carbocycles. The predicted octanol–water partition coefficient (Wildman–Crippen LogP) is 2.65. The summed E-state index contributed by atoms with van der Waals surface area (Å²) < 4.78 is 5.75. The molecule has 1 aromatic carbocycles.